The number of rotatable bonds is 5. The summed E-state index contributed by atoms with van der Waals surface area (Å²) in [4.78, 5) is 23.4. The van der Waals surface area contributed by atoms with Crippen molar-refractivity contribution in [2.45, 2.75) is 32.8 Å². The molecule has 0 bridgehead atoms. The molecule has 1 aromatic heterocycles. The number of piperidine rings is 1. The largest absolute Gasteiger partial charge is 0.497 e. The van der Waals surface area contributed by atoms with Crippen LogP contribution in [0.15, 0.2) is 24.3 Å². The zero-order valence-corrected chi connectivity index (χ0v) is 16.2. The molecule has 0 radical (unpaired) electrons. The average Bonchev–Trinajstić information content (AvgIpc) is 2.66. The van der Waals surface area contributed by atoms with Crippen LogP contribution < -0.4 is 14.2 Å². The molecule has 144 valence electrons. The lowest BCUT2D eigenvalue weighted by atomic mass is 10.1. The predicted octanol–water partition coefficient (Wildman–Crippen LogP) is 2.79. The van der Waals surface area contributed by atoms with Gasteiger partial charge >= 0.3 is 0 Å². The van der Waals surface area contributed by atoms with Gasteiger partial charge in [0.05, 0.1) is 26.3 Å². The average molecular weight is 371 g/mol. The van der Waals surface area contributed by atoms with E-state index in [9.17, 15) is 4.79 Å². The molecule has 0 N–H and O–H groups in total. The third-order valence-electron chi connectivity index (χ3n) is 4.53. The summed E-state index contributed by atoms with van der Waals surface area (Å²) >= 11 is 0. The second kappa shape index (κ2) is 8.24. The van der Waals surface area contributed by atoms with Crippen molar-refractivity contribution < 1.29 is 19.0 Å². The number of carbonyl (C=O) groups is 1. The van der Waals surface area contributed by atoms with Gasteiger partial charge in [-0.1, -0.05) is 0 Å². The summed E-state index contributed by atoms with van der Waals surface area (Å²) in [5, 5.41) is 0. The van der Waals surface area contributed by atoms with Crippen LogP contribution in [0.4, 0.5) is 0 Å². The molecule has 1 aliphatic rings. The maximum absolute atomic E-state index is 13.0. The quantitative estimate of drug-likeness (QED) is 0.805. The zero-order valence-electron chi connectivity index (χ0n) is 16.2. The van der Waals surface area contributed by atoms with E-state index in [1.807, 2.05) is 19.9 Å². The van der Waals surface area contributed by atoms with Gasteiger partial charge in [-0.25, -0.2) is 4.98 Å². The molecule has 1 atom stereocenters. The number of hydrogen-bond donors (Lipinski definition) is 0. The summed E-state index contributed by atoms with van der Waals surface area (Å²) in [5.74, 6) is 2.32. The Hall–Kier alpha value is -2.83. The van der Waals surface area contributed by atoms with Gasteiger partial charge in [0.25, 0.3) is 5.91 Å². The Balaban J connectivity index is 1.73. The van der Waals surface area contributed by atoms with Crippen LogP contribution in [0.1, 0.15) is 34.7 Å². The van der Waals surface area contributed by atoms with Crippen molar-refractivity contribution in [2.75, 3.05) is 27.3 Å². The van der Waals surface area contributed by atoms with Gasteiger partial charge in [0.2, 0.25) is 5.88 Å². The van der Waals surface area contributed by atoms with E-state index < -0.39 is 0 Å². The number of carbonyl (C=O) groups excluding carboxylic acids is 1. The molecule has 0 aliphatic carbocycles. The minimum atomic E-state index is -0.0966. The van der Waals surface area contributed by atoms with Crippen LogP contribution in [0.5, 0.6) is 17.4 Å². The molecule has 1 aliphatic heterocycles. The van der Waals surface area contributed by atoms with Crippen LogP contribution in [0, 0.1) is 13.8 Å². The van der Waals surface area contributed by atoms with Gasteiger partial charge < -0.3 is 19.1 Å². The molecule has 2 heterocycles. The van der Waals surface area contributed by atoms with E-state index in [1.54, 1.807) is 37.3 Å². The first kappa shape index (κ1) is 18.9. The first-order chi connectivity index (χ1) is 13.0. The summed E-state index contributed by atoms with van der Waals surface area (Å²) in [6.07, 6.45) is 1.66. The fourth-order valence-electron chi connectivity index (χ4n) is 3.28. The predicted molar refractivity (Wildman–Crippen MR) is 101 cm³/mol. The number of hydrogen-bond acceptors (Lipinski definition) is 6. The van der Waals surface area contributed by atoms with Crippen molar-refractivity contribution in [2.24, 2.45) is 0 Å². The number of likely N-dealkylation sites (tertiary alicyclic amines) is 1. The van der Waals surface area contributed by atoms with Crippen molar-refractivity contribution in [1.82, 2.24) is 14.9 Å². The van der Waals surface area contributed by atoms with E-state index in [4.69, 9.17) is 14.2 Å². The molecule has 2 aromatic rings. The van der Waals surface area contributed by atoms with Gasteiger partial charge in [-0.05, 0) is 38.8 Å². The molecular weight excluding hydrogens is 346 g/mol. The highest BCUT2D eigenvalue weighted by Crippen LogP contribution is 2.27. The molecule has 0 saturated carbocycles. The second-order valence-corrected chi connectivity index (χ2v) is 6.59. The van der Waals surface area contributed by atoms with Crippen molar-refractivity contribution in [1.29, 1.82) is 0 Å². The maximum atomic E-state index is 13.0. The van der Waals surface area contributed by atoms with E-state index >= 15 is 0 Å². The Bertz CT molecular complexity index is 805. The lowest BCUT2D eigenvalue weighted by molar-refractivity contribution is 0.0524. The first-order valence-electron chi connectivity index (χ1n) is 9.00. The number of benzene rings is 1. The van der Waals surface area contributed by atoms with E-state index in [0.717, 1.165) is 18.5 Å². The molecule has 1 fully saturated rings. The molecule has 27 heavy (non-hydrogen) atoms. The molecule has 1 unspecified atom stereocenters. The van der Waals surface area contributed by atoms with Crippen molar-refractivity contribution >= 4 is 5.91 Å². The van der Waals surface area contributed by atoms with Crippen LogP contribution in [-0.2, 0) is 0 Å². The highest BCUT2D eigenvalue weighted by Gasteiger charge is 2.27. The molecule has 7 nitrogen and oxygen atoms in total. The minimum Gasteiger partial charge on any atom is -0.497 e. The first-order valence-corrected chi connectivity index (χ1v) is 9.00. The van der Waals surface area contributed by atoms with Crippen LogP contribution in [0.25, 0.3) is 0 Å². The monoisotopic (exact) mass is 371 g/mol. The smallest absolute Gasteiger partial charge is 0.257 e. The standard InChI is InChI=1S/C20H25N3O4/c1-13-10-19(22-14(2)21-13)27-16-6-5-9-23(12-16)20(24)17-8-7-15(25-3)11-18(17)26-4/h7-8,10-11,16H,5-6,9,12H2,1-4H3. The van der Waals surface area contributed by atoms with Gasteiger partial charge in [0.15, 0.2) is 0 Å². The van der Waals surface area contributed by atoms with Crippen molar-refractivity contribution in [3.05, 3.63) is 41.3 Å². The summed E-state index contributed by atoms with van der Waals surface area (Å²) < 4.78 is 16.6. The summed E-state index contributed by atoms with van der Waals surface area (Å²) in [7, 11) is 3.13. The number of amides is 1. The number of methoxy groups -OCH3 is 2. The van der Waals surface area contributed by atoms with Crippen LogP contribution in [0.2, 0.25) is 0 Å². The normalized spacial score (nSPS) is 16.7. The molecule has 0 spiro atoms. The third-order valence-corrected chi connectivity index (χ3v) is 4.53. The van der Waals surface area contributed by atoms with Crippen molar-refractivity contribution in [3.8, 4) is 17.4 Å². The molecule has 1 saturated heterocycles. The molecule has 3 rings (SSSR count). The van der Waals surface area contributed by atoms with Crippen molar-refractivity contribution in [3.63, 3.8) is 0 Å². The Kier molecular flexibility index (Phi) is 5.78. The topological polar surface area (TPSA) is 73.8 Å². The summed E-state index contributed by atoms with van der Waals surface area (Å²) in [6.45, 7) is 4.95. The Morgan fingerprint density at radius 3 is 2.67 bits per heavy atom. The van der Waals surface area contributed by atoms with Crippen LogP contribution in [0.3, 0.4) is 0 Å². The maximum Gasteiger partial charge on any atom is 0.257 e. The van der Waals surface area contributed by atoms with Gasteiger partial charge in [-0.3, -0.25) is 4.79 Å². The third kappa shape index (κ3) is 4.48. The molecule has 7 heteroatoms. The highest BCUT2D eigenvalue weighted by atomic mass is 16.5. The molecule has 1 aromatic carbocycles. The number of nitrogens with zero attached hydrogens (tertiary/aromatic N) is 3. The highest BCUT2D eigenvalue weighted by molar-refractivity contribution is 5.97. The number of aromatic nitrogens is 2. The lowest BCUT2D eigenvalue weighted by Crippen LogP contribution is -2.44. The van der Waals surface area contributed by atoms with Gasteiger partial charge in [0, 0.05) is 24.4 Å². The van der Waals surface area contributed by atoms with Crippen LogP contribution in [-0.4, -0.2) is 54.2 Å². The second-order valence-electron chi connectivity index (χ2n) is 6.59. The fraction of sp³-hybridized carbons (Fsp3) is 0.450. The molecule has 1 amide bonds. The van der Waals surface area contributed by atoms with E-state index in [-0.39, 0.29) is 12.0 Å². The Labute approximate surface area is 159 Å². The van der Waals surface area contributed by atoms with Gasteiger partial charge in [-0.2, -0.15) is 4.98 Å². The Morgan fingerprint density at radius 1 is 1.15 bits per heavy atom. The van der Waals surface area contributed by atoms with E-state index in [1.165, 1.54) is 0 Å². The number of aryl methyl sites for hydroxylation is 2. The summed E-state index contributed by atoms with van der Waals surface area (Å²) in [6, 6.07) is 7.04. The van der Waals surface area contributed by atoms with E-state index in [2.05, 4.69) is 9.97 Å². The van der Waals surface area contributed by atoms with Gasteiger partial charge in [-0.15, -0.1) is 0 Å². The fourth-order valence-corrected chi connectivity index (χ4v) is 3.28. The molecular formula is C20H25N3O4. The Morgan fingerprint density at radius 2 is 1.96 bits per heavy atom. The number of ether oxygens (including phenoxy) is 3. The summed E-state index contributed by atoms with van der Waals surface area (Å²) in [5.41, 5.74) is 1.39. The van der Waals surface area contributed by atoms with E-state index in [0.29, 0.717) is 41.9 Å². The SMILES string of the molecule is COc1ccc(C(=O)N2CCCC(Oc3cc(C)nc(C)n3)C2)c(OC)c1. The van der Waals surface area contributed by atoms with Gasteiger partial charge in [0.1, 0.15) is 23.4 Å². The minimum absolute atomic E-state index is 0.0714. The van der Waals surface area contributed by atoms with Crippen LogP contribution >= 0.6 is 0 Å². The lowest BCUT2D eigenvalue weighted by Gasteiger charge is -2.33. The zero-order chi connectivity index (χ0) is 19.4.